The van der Waals surface area contributed by atoms with Gasteiger partial charge in [-0.3, -0.25) is 14.4 Å². The molecule has 33 heavy (non-hydrogen) atoms. The molecule has 1 atom stereocenters. The van der Waals surface area contributed by atoms with Gasteiger partial charge in [-0.1, -0.05) is 6.07 Å². The molecular weight excluding hydrogens is 429 g/mol. The third-order valence-electron chi connectivity index (χ3n) is 5.19. The number of halogens is 1. The Labute approximate surface area is 189 Å². The van der Waals surface area contributed by atoms with Crippen molar-refractivity contribution in [2.75, 3.05) is 22.6 Å². The van der Waals surface area contributed by atoms with E-state index in [2.05, 4.69) is 16.0 Å². The number of anilines is 3. The summed E-state index contributed by atoms with van der Waals surface area (Å²) in [6.07, 6.45) is 2.38. The number of carbonyl (C=O) groups is 3. The van der Waals surface area contributed by atoms with Gasteiger partial charge in [-0.15, -0.1) is 0 Å². The zero-order chi connectivity index (χ0) is 23.4. The number of nitrogens with one attached hydrogen (secondary N) is 3. The van der Waals surface area contributed by atoms with Gasteiger partial charge < -0.3 is 25.1 Å². The Morgan fingerprint density at radius 3 is 2.52 bits per heavy atom. The molecule has 1 unspecified atom stereocenters. The normalized spacial score (nSPS) is 15.2. The van der Waals surface area contributed by atoms with Gasteiger partial charge in [-0.05, 0) is 62.2 Å². The molecule has 0 bridgehead atoms. The highest BCUT2D eigenvalue weighted by Gasteiger charge is 2.23. The Morgan fingerprint density at radius 2 is 1.79 bits per heavy atom. The lowest BCUT2D eigenvalue weighted by Crippen LogP contribution is -2.27. The second-order valence-electron chi connectivity index (χ2n) is 7.57. The highest BCUT2D eigenvalue weighted by Crippen LogP contribution is 2.23. The van der Waals surface area contributed by atoms with Crippen LogP contribution in [0.1, 0.15) is 39.3 Å². The molecule has 0 spiro atoms. The molecule has 1 saturated heterocycles. The van der Waals surface area contributed by atoms with Crippen LogP contribution in [0.25, 0.3) is 0 Å². The first-order valence-electron chi connectivity index (χ1n) is 10.4. The van der Waals surface area contributed by atoms with Crippen LogP contribution in [0.4, 0.5) is 21.5 Å². The minimum Gasteiger partial charge on any atom is -0.469 e. The number of furan rings is 1. The zero-order valence-corrected chi connectivity index (χ0v) is 17.8. The minimum atomic E-state index is -0.652. The SMILES string of the molecule is Cc1occc1C(=O)Nc1cc(NC(=O)c2cccc(NC(=O)C3CCCO3)c2)ccc1F. The second kappa shape index (κ2) is 9.66. The Hall–Kier alpha value is -3.98. The van der Waals surface area contributed by atoms with Crippen LogP contribution in [-0.4, -0.2) is 30.4 Å². The van der Waals surface area contributed by atoms with Crippen molar-refractivity contribution >= 4 is 34.8 Å². The van der Waals surface area contributed by atoms with Gasteiger partial charge in [0, 0.05) is 23.5 Å². The molecule has 1 aromatic heterocycles. The summed E-state index contributed by atoms with van der Waals surface area (Å²) in [6.45, 7) is 2.18. The van der Waals surface area contributed by atoms with E-state index in [1.54, 1.807) is 25.1 Å². The molecule has 3 N–H and O–H groups in total. The highest BCUT2D eigenvalue weighted by molar-refractivity contribution is 6.07. The van der Waals surface area contributed by atoms with E-state index in [-0.39, 0.29) is 22.8 Å². The van der Waals surface area contributed by atoms with E-state index in [4.69, 9.17) is 9.15 Å². The van der Waals surface area contributed by atoms with Crippen molar-refractivity contribution in [3.63, 3.8) is 0 Å². The van der Waals surface area contributed by atoms with Crippen LogP contribution < -0.4 is 16.0 Å². The molecule has 1 aliphatic rings. The lowest BCUT2D eigenvalue weighted by molar-refractivity contribution is -0.124. The van der Waals surface area contributed by atoms with Gasteiger partial charge in [0.1, 0.15) is 17.7 Å². The number of hydrogen-bond acceptors (Lipinski definition) is 5. The number of benzene rings is 2. The topological polar surface area (TPSA) is 110 Å². The van der Waals surface area contributed by atoms with Gasteiger partial charge in [0.2, 0.25) is 0 Å². The summed E-state index contributed by atoms with van der Waals surface area (Å²) >= 11 is 0. The fourth-order valence-electron chi connectivity index (χ4n) is 3.46. The monoisotopic (exact) mass is 451 g/mol. The quantitative estimate of drug-likeness (QED) is 0.516. The van der Waals surface area contributed by atoms with Crippen LogP contribution in [0.2, 0.25) is 0 Å². The van der Waals surface area contributed by atoms with Crippen molar-refractivity contribution in [2.45, 2.75) is 25.9 Å². The van der Waals surface area contributed by atoms with Crippen LogP contribution in [0.5, 0.6) is 0 Å². The Kier molecular flexibility index (Phi) is 6.50. The number of rotatable bonds is 6. The maximum absolute atomic E-state index is 14.2. The number of hydrogen-bond donors (Lipinski definition) is 3. The largest absolute Gasteiger partial charge is 0.469 e. The summed E-state index contributed by atoms with van der Waals surface area (Å²) in [5, 5.41) is 7.90. The van der Waals surface area contributed by atoms with Gasteiger partial charge >= 0.3 is 0 Å². The third kappa shape index (κ3) is 5.27. The van der Waals surface area contributed by atoms with E-state index < -0.39 is 23.7 Å². The average molecular weight is 451 g/mol. The number of carbonyl (C=O) groups excluding carboxylic acids is 3. The Morgan fingerprint density at radius 1 is 0.970 bits per heavy atom. The van der Waals surface area contributed by atoms with E-state index in [0.29, 0.717) is 30.0 Å². The van der Waals surface area contributed by atoms with Crippen molar-refractivity contribution in [1.29, 1.82) is 0 Å². The molecule has 2 aromatic carbocycles. The van der Waals surface area contributed by atoms with Crippen LogP contribution in [0, 0.1) is 12.7 Å². The van der Waals surface area contributed by atoms with Crippen molar-refractivity contribution in [3.8, 4) is 0 Å². The maximum Gasteiger partial charge on any atom is 0.259 e. The molecule has 0 radical (unpaired) electrons. The molecule has 9 heteroatoms. The van der Waals surface area contributed by atoms with E-state index in [9.17, 15) is 18.8 Å². The molecule has 3 aromatic rings. The lowest BCUT2D eigenvalue weighted by Gasteiger charge is -2.12. The molecule has 170 valence electrons. The summed E-state index contributed by atoms with van der Waals surface area (Å²) in [6, 6.07) is 11.8. The zero-order valence-electron chi connectivity index (χ0n) is 17.8. The molecule has 0 saturated carbocycles. The predicted octanol–water partition coefficient (Wildman–Crippen LogP) is 4.35. The Balaban J connectivity index is 1.44. The molecular formula is C24H22FN3O5. The van der Waals surface area contributed by atoms with Crippen molar-refractivity contribution in [2.24, 2.45) is 0 Å². The van der Waals surface area contributed by atoms with Gasteiger partial charge in [0.15, 0.2) is 0 Å². The first kappa shape index (κ1) is 22.2. The fourth-order valence-corrected chi connectivity index (χ4v) is 3.46. The van der Waals surface area contributed by atoms with Gasteiger partial charge in [-0.2, -0.15) is 0 Å². The summed E-state index contributed by atoms with van der Waals surface area (Å²) < 4.78 is 24.7. The molecule has 3 amide bonds. The third-order valence-corrected chi connectivity index (χ3v) is 5.19. The van der Waals surface area contributed by atoms with Crippen LogP contribution in [0.3, 0.4) is 0 Å². The molecule has 1 aliphatic heterocycles. The van der Waals surface area contributed by atoms with Crippen LogP contribution in [0.15, 0.2) is 59.2 Å². The van der Waals surface area contributed by atoms with E-state index in [0.717, 1.165) is 12.5 Å². The van der Waals surface area contributed by atoms with Crippen LogP contribution in [-0.2, 0) is 9.53 Å². The molecule has 1 fully saturated rings. The summed E-state index contributed by atoms with van der Waals surface area (Å²) in [4.78, 5) is 37.3. The van der Waals surface area contributed by atoms with E-state index in [1.807, 2.05) is 0 Å². The van der Waals surface area contributed by atoms with Gasteiger partial charge in [0.05, 0.1) is 17.5 Å². The number of aryl methyl sites for hydroxylation is 1. The summed E-state index contributed by atoms with van der Waals surface area (Å²) in [7, 11) is 0. The first-order valence-corrected chi connectivity index (χ1v) is 10.4. The first-order chi connectivity index (χ1) is 15.9. The smallest absolute Gasteiger partial charge is 0.259 e. The van der Waals surface area contributed by atoms with Crippen molar-refractivity contribution in [3.05, 3.63) is 77.5 Å². The molecule has 2 heterocycles. The predicted molar refractivity (Wildman–Crippen MR) is 120 cm³/mol. The number of ether oxygens (including phenoxy) is 1. The number of amides is 3. The standard InChI is InChI=1S/C24H22FN3O5/c1-14-18(9-11-32-14)23(30)28-20-13-17(7-8-19(20)25)26-22(29)15-4-2-5-16(12-15)27-24(31)21-6-3-10-33-21/h2,4-5,7-9,11-13,21H,3,6,10H2,1H3,(H,26,29)(H,27,31)(H,28,30). The fraction of sp³-hybridized carbons (Fsp3) is 0.208. The Bertz CT molecular complexity index is 1200. The molecule has 0 aliphatic carbocycles. The van der Waals surface area contributed by atoms with Crippen molar-refractivity contribution < 1.29 is 27.9 Å². The molecule has 4 rings (SSSR count). The van der Waals surface area contributed by atoms with Gasteiger partial charge in [0.25, 0.3) is 17.7 Å². The lowest BCUT2D eigenvalue weighted by atomic mass is 10.1. The van der Waals surface area contributed by atoms with E-state index >= 15 is 0 Å². The maximum atomic E-state index is 14.2. The van der Waals surface area contributed by atoms with Gasteiger partial charge in [-0.25, -0.2) is 4.39 Å². The summed E-state index contributed by atoms with van der Waals surface area (Å²) in [5.41, 5.74) is 1.24. The second-order valence-corrected chi connectivity index (χ2v) is 7.57. The van der Waals surface area contributed by atoms with E-state index in [1.165, 1.54) is 30.5 Å². The molecule has 8 nitrogen and oxygen atoms in total. The summed E-state index contributed by atoms with van der Waals surface area (Å²) in [5.74, 6) is -1.49. The average Bonchev–Trinajstić information content (AvgIpc) is 3.48. The van der Waals surface area contributed by atoms with Crippen LogP contribution >= 0.6 is 0 Å². The highest BCUT2D eigenvalue weighted by atomic mass is 19.1. The minimum absolute atomic E-state index is 0.0871. The van der Waals surface area contributed by atoms with Crippen molar-refractivity contribution in [1.82, 2.24) is 0 Å².